The summed E-state index contributed by atoms with van der Waals surface area (Å²) in [5.74, 6) is -0.527. The number of nitrogens with one attached hydrogen (secondary N) is 2. The molecule has 29 heavy (non-hydrogen) atoms. The molecule has 1 aliphatic carbocycles. The number of aromatic amines is 1. The monoisotopic (exact) mass is 392 g/mol. The molecular formula is C24H28N2O3. The molecule has 0 bridgehead atoms. The van der Waals surface area contributed by atoms with E-state index in [9.17, 15) is 9.59 Å². The smallest absolute Gasteiger partial charge is 0.303 e. The summed E-state index contributed by atoms with van der Waals surface area (Å²) >= 11 is 0. The molecule has 2 aromatic rings. The van der Waals surface area contributed by atoms with Gasteiger partial charge in [-0.05, 0) is 79.3 Å². The summed E-state index contributed by atoms with van der Waals surface area (Å²) in [6, 6.07) is 3.81. The van der Waals surface area contributed by atoms with Gasteiger partial charge in [0.1, 0.15) is 0 Å². The SMILES string of the molecule is Cc1c(CCC(=O)O)ccc2c1C(=Cc1[nH]c3c(c1C(C)C)CCCC3)C(=O)N2. The van der Waals surface area contributed by atoms with Crippen molar-refractivity contribution in [1.29, 1.82) is 0 Å². The van der Waals surface area contributed by atoms with Crippen molar-refractivity contribution >= 4 is 29.2 Å². The number of rotatable bonds is 5. The molecule has 1 aliphatic heterocycles. The Labute approximate surface area is 171 Å². The van der Waals surface area contributed by atoms with Crippen LogP contribution in [0, 0.1) is 6.92 Å². The van der Waals surface area contributed by atoms with E-state index < -0.39 is 5.97 Å². The van der Waals surface area contributed by atoms with Crippen LogP contribution in [0.5, 0.6) is 0 Å². The lowest BCUT2D eigenvalue weighted by Gasteiger charge is -2.14. The van der Waals surface area contributed by atoms with Crippen LogP contribution in [0.4, 0.5) is 5.69 Å². The number of carbonyl (C=O) groups excluding carboxylic acids is 1. The van der Waals surface area contributed by atoms with E-state index in [1.165, 1.54) is 29.7 Å². The fraction of sp³-hybridized carbons (Fsp3) is 0.417. The van der Waals surface area contributed by atoms with E-state index in [1.54, 1.807) is 0 Å². The van der Waals surface area contributed by atoms with Crippen molar-refractivity contribution in [1.82, 2.24) is 4.98 Å². The molecule has 0 unspecified atom stereocenters. The largest absolute Gasteiger partial charge is 0.481 e. The number of carbonyl (C=O) groups is 2. The third-order valence-electron chi connectivity index (χ3n) is 6.18. The molecule has 1 aromatic heterocycles. The minimum atomic E-state index is -0.812. The fourth-order valence-electron chi connectivity index (χ4n) is 4.81. The van der Waals surface area contributed by atoms with E-state index in [2.05, 4.69) is 24.1 Å². The first-order valence-corrected chi connectivity index (χ1v) is 10.5. The fourth-order valence-corrected chi connectivity index (χ4v) is 4.81. The normalized spacial score (nSPS) is 16.8. The number of aromatic nitrogens is 1. The zero-order valence-corrected chi connectivity index (χ0v) is 17.3. The van der Waals surface area contributed by atoms with Gasteiger partial charge in [-0.2, -0.15) is 0 Å². The Balaban J connectivity index is 1.81. The highest BCUT2D eigenvalue weighted by atomic mass is 16.4. The van der Waals surface area contributed by atoms with Gasteiger partial charge in [0.05, 0.1) is 5.57 Å². The van der Waals surface area contributed by atoms with E-state index in [-0.39, 0.29) is 12.3 Å². The molecular weight excluding hydrogens is 364 g/mol. The van der Waals surface area contributed by atoms with Gasteiger partial charge in [0.25, 0.3) is 5.91 Å². The lowest BCUT2D eigenvalue weighted by Crippen LogP contribution is -2.04. The summed E-state index contributed by atoms with van der Waals surface area (Å²) in [7, 11) is 0. The van der Waals surface area contributed by atoms with Gasteiger partial charge in [0.15, 0.2) is 0 Å². The van der Waals surface area contributed by atoms with Crippen LogP contribution < -0.4 is 5.32 Å². The Hall–Kier alpha value is -2.82. The second-order valence-electron chi connectivity index (χ2n) is 8.45. The maximum Gasteiger partial charge on any atom is 0.303 e. The van der Waals surface area contributed by atoms with Gasteiger partial charge in [0.2, 0.25) is 0 Å². The predicted octanol–water partition coefficient (Wildman–Crippen LogP) is 4.84. The molecule has 4 rings (SSSR count). The highest BCUT2D eigenvalue weighted by molar-refractivity contribution is 6.35. The van der Waals surface area contributed by atoms with Crippen LogP contribution in [0.1, 0.15) is 78.2 Å². The molecule has 0 saturated heterocycles. The Morgan fingerprint density at radius 3 is 2.72 bits per heavy atom. The Morgan fingerprint density at radius 2 is 2.00 bits per heavy atom. The first-order chi connectivity index (χ1) is 13.9. The molecule has 3 N–H and O–H groups in total. The van der Waals surface area contributed by atoms with E-state index in [4.69, 9.17) is 5.11 Å². The quantitative estimate of drug-likeness (QED) is 0.637. The average Bonchev–Trinajstić information content (AvgIpc) is 3.19. The van der Waals surface area contributed by atoms with Gasteiger partial charge in [-0.1, -0.05) is 19.9 Å². The van der Waals surface area contributed by atoms with Gasteiger partial charge < -0.3 is 15.4 Å². The summed E-state index contributed by atoms with van der Waals surface area (Å²) in [6.07, 6.45) is 7.14. The Morgan fingerprint density at radius 1 is 1.24 bits per heavy atom. The highest BCUT2D eigenvalue weighted by Crippen LogP contribution is 2.39. The topological polar surface area (TPSA) is 82.2 Å². The lowest BCUT2D eigenvalue weighted by molar-refractivity contribution is -0.137. The molecule has 0 spiro atoms. The third-order valence-corrected chi connectivity index (χ3v) is 6.18. The van der Waals surface area contributed by atoms with Gasteiger partial charge in [0, 0.05) is 29.1 Å². The van der Waals surface area contributed by atoms with E-state index >= 15 is 0 Å². The van der Waals surface area contributed by atoms with Crippen molar-refractivity contribution in [3.05, 3.63) is 51.3 Å². The zero-order chi connectivity index (χ0) is 20.7. The summed E-state index contributed by atoms with van der Waals surface area (Å²) in [6.45, 7) is 6.39. The third kappa shape index (κ3) is 3.50. The molecule has 5 nitrogen and oxygen atoms in total. The molecule has 1 aromatic carbocycles. The number of benzene rings is 1. The molecule has 2 heterocycles. The number of aryl methyl sites for hydroxylation is 2. The minimum absolute atomic E-state index is 0.0842. The van der Waals surface area contributed by atoms with Crippen LogP contribution in [0.25, 0.3) is 11.6 Å². The van der Waals surface area contributed by atoms with Gasteiger partial charge in [-0.3, -0.25) is 9.59 Å². The summed E-state index contributed by atoms with van der Waals surface area (Å²) in [5.41, 5.74) is 9.45. The maximum absolute atomic E-state index is 12.8. The maximum atomic E-state index is 12.8. The van der Waals surface area contributed by atoms with Crippen molar-refractivity contribution < 1.29 is 14.7 Å². The van der Waals surface area contributed by atoms with Crippen LogP contribution in [0.3, 0.4) is 0 Å². The van der Waals surface area contributed by atoms with Gasteiger partial charge >= 0.3 is 5.97 Å². The first-order valence-electron chi connectivity index (χ1n) is 10.5. The summed E-state index contributed by atoms with van der Waals surface area (Å²) < 4.78 is 0. The van der Waals surface area contributed by atoms with E-state index in [0.717, 1.165) is 40.9 Å². The van der Waals surface area contributed by atoms with Crippen molar-refractivity contribution in [2.24, 2.45) is 0 Å². The van der Waals surface area contributed by atoms with Crippen LogP contribution in [-0.4, -0.2) is 22.0 Å². The van der Waals surface area contributed by atoms with E-state index in [1.807, 2.05) is 25.1 Å². The van der Waals surface area contributed by atoms with Crippen molar-refractivity contribution in [3.8, 4) is 0 Å². The average molecular weight is 392 g/mol. The molecule has 1 amide bonds. The molecule has 0 fully saturated rings. The number of hydrogen-bond acceptors (Lipinski definition) is 2. The number of fused-ring (bicyclic) bond motifs is 2. The summed E-state index contributed by atoms with van der Waals surface area (Å²) in [4.78, 5) is 27.4. The number of aliphatic carboxylic acids is 1. The second kappa shape index (κ2) is 7.54. The molecule has 2 aliphatic rings. The lowest BCUT2D eigenvalue weighted by atomic mass is 9.89. The number of anilines is 1. The van der Waals surface area contributed by atoms with Crippen LogP contribution in [-0.2, 0) is 28.9 Å². The summed E-state index contributed by atoms with van der Waals surface area (Å²) in [5, 5.41) is 12.0. The standard InChI is InChI=1S/C24H28N2O3/c1-13(2)22-16-6-4-5-7-18(16)25-20(22)12-17-23-14(3)15(9-11-21(27)28)8-10-19(23)26-24(17)29/h8,10,12-13,25H,4-7,9,11H2,1-3H3,(H,26,29)(H,27,28). The van der Waals surface area contributed by atoms with Crippen molar-refractivity contribution in [2.75, 3.05) is 5.32 Å². The highest BCUT2D eigenvalue weighted by Gasteiger charge is 2.29. The van der Waals surface area contributed by atoms with Gasteiger partial charge in [-0.25, -0.2) is 0 Å². The van der Waals surface area contributed by atoms with Gasteiger partial charge in [-0.15, -0.1) is 0 Å². The van der Waals surface area contributed by atoms with Crippen molar-refractivity contribution in [3.63, 3.8) is 0 Å². The molecule has 5 heteroatoms. The van der Waals surface area contributed by atoms with Crippen LogP contribution in [0.15, 0.2) is 12.1 Å². The zero-order valence-electron chi connectivity index (χ0n) is 17.3. The van der Waals surface area contributed by atoms with Crippen LogP contribution in [0.2, 0.25) is 0 Å². The number of carboxylic acids is 1. The second-order valence-corrected chi connectivity index (χ2v) is 8.45. The first kappa shape index (κ1) is 19.5. The van der Waals surface area contributed by atoms with Crippen molar-refractivity contribution in [2.45, 2.75) is 65.2 Å². The number of carboxylic acid groups (broad SMARTS) is 1. The Kier molecular flexibility index (Phi) is 5.07. The number of amides is 1. The minimum Gasteiger partial charge on any atom is -0.481 e. The predicted molar refractivity (Wildman–Crippen MR) is 115 cm³/mol. The number of hydrogen-bond donors (Lipinski definition) is 3. The molecule has 0 radical (unpaired) electrons. The molecule has 0 saturated carbocycles. The van der Waals surface area contributed by atoms with Crippen LogP contribution >= 0.6 is 0 Å². The number of H-pyrrole nitrogens is 1. The van der Waals surface area contributed by atoms with E-state index in [0.29, 0.717) is 17.9 Å². The Bertz CT molecular complexity index is 1030. The molecule has 0 atom stereocenters. The molecule has 152 valence electrons.